The molecule has 0 amide bonds. The molecule has 4 rings (SSSR count). The molecule has 9 heteroatoms. The van der Waals surface area contributed by atoms with Crippen LogP contribution in [0.25, 0.3) is 11.4 Å². The Bertz CT molecular complexity index is 823. The van der Waals surface area contributed by atoms with Crippen LogP contribution in [0.2, 0.25) is 0 Å². The van der Waals surface area contributed by atoms with E-state index >= 15 is 0 Å². The molecule has 0 radical (unpaired) electrons. The lowest BCUT2D eigenvalue weighted by Gasteiger charge is -2.38. The number of pyridine rings is 1. The van der Waals surface area contributed by atoms with Crippen molar-refractivity contribution in [2.24, 2.45) is 4.99 Å². The molecule has 0 saturated carbocycles. The predicted molar refractivity (Wildman–Crippen MR) is 112 cm³/mol. The molecular formula is C19H26N6O2S. The molecule has 2 aromatic rings. The van der Waals surface area contributed by atoms with Crippen LogP contribution in [-0.4, -0.2) is 61.6 Å². The van der Waals surface area contributed by atoms with Crippen molar-refractivity contribution in [1.29, 1.82) is 0 Å². The van der Waals surface area contributed by atoms with Crippen molar-refractivity contribution in [3.8, 4) is 11.4 Å². The van der Waals surface area contributed by atoms with Crippen molar-refractivity contribution in [2.45, 2.75) is 25.6 Å². The van der Waals surface area contributed by atoms with Crippen LogP contribution in [0.1, 0.15) is 19.8 Å². The van der Waals surface area contributed by atoms with Crippen LogP contribution in [0, 0.1) is 0 Å². The van der Waals surface area contributed by atoms with Gasteiger partial charge in [0.25, 0.3) is 0 Å². The Balaban J connectivity index is 1.44. The molecule has 2 aromatic heterocycles. The Kier molecular flexibility index (Phi) is 5.74. The van der Waals surface area contributed by atoms with Gasteiger partial charge in [-0.05, 0) is 19.1 Å². The topological polar surface area (TPSA) is 83.9 Å². The summed E-state index contributed by atoms with van der Waals surface area (Å²) < 4.78 is 11.6. The number of hydrogen-bond acceptors (Lipinski definition) is 7. The summed E-state index contributed by atoms with van der Waals surface area (Å²) in [4.78, 5) is 16.0. The minimum absolute atomic E-state index is 0.366. The number of hydrogen-bond donors (Lipinski definition) is 2. The zero-order chi connectivity index (χ0) is 19.4. The van der Waals surface area contributed by atoms with Gasteiger partial charge in [0.2, 0.25) is 0 Å². The van der Waals surface area contributed by atoms with Crippen molar-refractivity contribution in [2.75, 3.05) is 50.1 Å². The van der Waals surface area contributed by atoms with Gasteiger partial charge in [-0.15, -0.1) is 11.3 Å². The van der Waals surface area contributed by atoms with Gasteiger partial charge in [-0.3, -0.25) is 4.99 Å². The maximum atomic E-state index is 5.82. The number of rotatable bonds is 4. The van der Waals surface area contributed by atoms with E-state index in [0.29, 0.717) is 19.2 Å². The number of piperidine rings is 1. The van der Waals surface area contributed by atoms with Crippen molar-refractivity contribution >= 4 is 28.2 Å². The van der Waals surface area contributed by atoms with Gasteiger partial charge >= 0.3 is 0 Å². The molecule has 28 heavy (non-hydrogen) atoms. The van der Waals surface area contributed by atoms with E-state index in [2.05, 4.69) is 31.6 Å². The second-order valence-electron chi connectivity index (χ2n) is 6.74. The maximum Gasteiger partial charge on any atom is 0.197 e. The molecule has 4 heterocycles. The number of nitrogens with one attached hydrogen (secondary N) is 2. The van der Waals surface area contributed by atoms with E-state index in [9.17, 15) is 0 Å². The maximum absolute atomic E-state index is 5.82. The Morgan fingerprint density at radius 1 is 1.21 bits per heavy atom. The molecule has 0 atom stereocenters. The lowest BCUT2D eigenvalue weighted by Crippen LogP contribution is -2.45. The summed E-state index contributed by atoms with van der Waals surface area (Å²) in [6.45, 7) is 5.98. The quantitative estimate of drug-likeness (QED) is 0.601. The van der Waals surface area contributed by atoms with Gasteiger partial charge in [-0.2, -0.15) is 0 Å². The highest BCUT2D eigenvalue weighted by Gasteiger charge is 2.40. The lowest BCUT2D eigenvalue weighted by molar-refractivity contribution is -0.169. The molecule has 2 N–H and O–H groups in total. The van der Waals surface area contributed by atoms with E-state index in [0.717, 1.165) is 54.8 Å². The fourth-order valence-corrected chi connectivity index (χ4v) is 4.20. The van der Waals surface area contributed by atoms with E-state index in [-0.39, 0.29) is 5.79 Å². The monoisotopic (exact) mass is 402 g/mol. The first-order valence-corrected chi connectivity index (χ1v) is 10.5. The lowest BCUT2D eigenvalue weighted by atomic mass is 10.0. The predicted octanol–water partition coefficient (Wildman–Crippen LogP) is 2.56. The van der Waals surface area contributed by atoms with Gasteiger partial charge in [0.15, 0.2) is 16.9 Å². The first-order valence-electron chi connectivity index (χ1n) is 9.65. The average Bonchev–Trinajstić information content (AvgIpc) is 3.38. The Hall–Kier alpha value is -2.23. The van der Waals surface area contributed by atoms with Crippen LogP contribution in [0.15, 0.2) is 28.6 Å². The largest absolute Gasteiger partial charge is 0.356 e. The highest BCUT2D eigenvalue weighted by molar-refractivity contribution is 7.14. The summed E-state index contributed by atoms with van der Waals surface area (Å²) in [5.41, 5.74) is 1.73. The summed E-state index contributed by atoms with van der Waals surface area (Å²) in [7, 11) is 1.74. The Morgan fingerprint density at radius 3 is 2.71 bits per heavy atom. The van der Waals surface area contributed by atoms with E-state index in [4.69, 9.17) is 14.5 Å². The summed E-state index contributed by atoms with van der Waals surface area (Å²) in [6, 6.07) is 6.08. The van der Waals surface area contributed by atoms with Crippen LogP contribution in [0.3, 0.4) is 0 Å². The SMILES string of the molecule is CCNC(=NC)Nc1nc(-c2cccc(N3CCC4(CC3)OCCO4)n2)cs1. The summed E-state index contributed by atoms with van der Waals surface area (Å²) in [5.74, 6) is 1.31. The third-order valence-corrected chi connectivity index (χ3v) is 5.71. The highest BCUT2D eigenvalue weighted by Crippen LogP contribution is 2.33. The molecule has 0 aliphatic carbocycles. The molecule has 0 aromatic carbocycles. The highest BCUT2D eigenvalue weighted by atomic mass is 32.1. The van der Waals surface area contributed by atoms with Gasteiger partial charge < -0.3 is 25.0 Å². The third-order valence-electron chi connectivity index (χ3n) is 4.96. The number of thiazole rings is 1. The first-order chi connectivity index (χ1) is 13.7. The number of guanidine groups is 1. The molecule has 150 valence electrons. The molecule has 2 fully saturated rings. The van der Waals surface area contributed by atoms with Crippen LogP contribution >= 0.6 is 11.3 Å². The summed E-state index contributed by atoms with van der Waals surface area (Å²) in [6.07, 6.45) is 1.74. The van der Waals surface area contributed by atoms with Crippen molar-refractivity contribution in [1.82, 2.24) is 15.3 Å². The van der Waals surface area contributed by atoms with Crippen LogP contribution in [0.5, 0.6) is 0 Å². The number of aliphatic imine (C=N–C) groups is 1. The molecule has 8 nitrogen and oxygen atoms in total. The second kappa shape index (κ2) is 8.42. The van der Waals surface area contributed by atoms with E-state index < -0.39 is 0 Å². The molecule has 2 aliphatic rings. The smallest absolute Gasteiger partial charge is 0.197 e. The minimum Gasteiger partial charge on any atom is -0.356 e. The molecule has 0 bridgehead atoms. The Morgan fingerprint density at radius 2 is 2.00 bits per heavy atom. The van der Waals surface area contributed by atoms with E-state index in [1.54, 1.807) is 7.05 Å². The minimum atomic E-state index is -0.366. The standard InChI is InChI=1S/C19H26N6O2S/c1-3-21-17(20-2)24-18-23-15(13-28-18)14-5-4-6-16(22-14)25-9-7-19(8-10-25)26-11-12-27-19/h4-6,13H,3,7-12H2,1-2H3,(H2,20,21,23,24). The van der Waals surface area contributed by atoms with Gasteiger partial charge in [0.05, 0.1) is 18.9 Å². The van der Waals surface area contributed by atoms with E-state index in [1.807, 2.05) is 24.4 Å². The molecule has 1 spiro atoms. The number of ether oxygens (including phenoxy) is 2. The third kappa shape index (κ3) is 4.11. The van der Waals surface area contributed by atoms with Crippen LogP contribution in [-0.2, 0) is 9.47 Å². The van der Waals surface area contributed by atoms with Gasteiger partial charge in [0.1, 0.15) is 11.5 Å². The van der Waals surface area contributed by atoms with Crippen LogP contribution in [0.4, 0.5) is 10.9 Å². The van der Waals surface area contributed by atoms with E-state index in [1.165, 1.54) is 11.3 Å². The normalized spacial score (nSPS) is 19.2. The number of anilines is 2. The summed E-state index contributed by atoms with van der Waals surface area (Å²) in [5, 5.41) is 9.18. The van der Waals surface area contributed by atoms with Gasteiger partial charge in [-0.1, -0.05) is 6.07 Å². The fourth-order valence-electron chi connectivity index (χ4n) is 3.50. The van der Waals surface area contributed by atoms with Crippen molar-refractivity contribution in [3.05, 3.63) is 23.6 Å². The first kappa shape index (κ1) is 19.1. The van der Waals surface area contributed by atoms with Crippen LogP contribution < -0.4 is 15.5 Å². The Labute approximate surface area is 169 Å². The second-order valence-corrected chi connectivity index (χ2v) is 7.60. The fraction of sp³-hybridized carbons (Fsp3) is 0.526. The number of nitrogens with zero attached hydrogens (tertiary/aromatic N) is 4. The zero-order valence-corrected chi connectivity index (χ0v) is 17.1. The molecule has 2 saturated heterocycles. The molecule has 2 aliphatic heterocycles. The van der Waals surface area contributed by atoms with Gasteiger partial charge in [-0.25, -0.2) is 9.97 Å². The van der Waals surface area contributed by atoms with Crippen molar-refractivity contribution in [3.63, 3.8) is 0 Å². The number of aromatic nitrogens is 2. The van der Waals surface area contributed by atoms with Gasteiger partial charge in [0, 0.05) is 44.9 Å². The molecular weight excluding hydrogens is 376 g/mol. The average molecular weight is 403 g/mol. The zero-order valence-electron chi connectivity index (χ0n) is 16.3. The summed E-state index contributed by atoms with van der Waals surface area (Å²) >= 11 is 1.54. The van der Waals surface area contributed by atoms with Crippen molar-refractivity contribution < 1.29 is 9.47 Å². The molecule has 0 unspecified atom stereocenters.